The van der Waals surface area contributed by atoms with Gasteiger partial charge in [-0.25, -0.2) is 18.7 Å². The van der Waals surface area contributed by atoms with E-state index in [0.717, 1.165) is 76.1 Å². The Kier molecular flexibility index (Phi) is 10.3. The first-order valence-corrected chi connectivity index (χ1v) is 16.2. The molecule has 0 saturated carbocycles. The Morgan fingerprint density at radius 1 is 0.932 bits per heavy atom. The molecule has 3 saturated heterocycles. The normalized spacial score (nSPS) is 20.0. The summed E-state index contributed by atoms with van der Waals surface area (Å²) in [5.74, 6) is 0.507. The van der Waals surface area contributed by atoms with E-state index in [0.29, 0.717) is 56.4 Å². The molecule has 0 bridgehead atoms. The van der Waals surface area contributed by atoms with Crippen LogP contribution in [0.2, 0.25) is 0 Å². The molecular formula is C33H47F2N7O2. The number of piperidine rings is 2. The van der Waals surface area contributed by atoms with Gasteiger partial charge in [0.1, 0.15) is 35.9 Å². The predicted molar refractivity (Wildman–Crippen MR) is 169 cm³/mol. The van der Waals surface area contributed by atoms with E-state index in [-0.39, 0.29) is 18.1 Å². The van der Waals surface area contributed by atoms with Crippen LogP contribution in [0.3, 0.4) is 0 Å². The van der Waals surface area contributed by atoms with Gasteiger partial charge in [0.05, 0.1) is 17.8 Å². The van der Waals surface area contributed by atoms with Crippen molar-refractivity contribution in [3.8, 4) is 0 Å². The number of halogens is 2. The number of nitrogens with one attached hydrogen (secondary N) is 2. The molecule has 44 heavy (non-hydrogen) atoms. The smallest absolute Gasteiger partial charge is 0.240 e. The third kappa shape index (κ3) is 8.22. The molecule has 2 N–H and O–H groups in total. The van der Waals surface area contributed by atoms with Crippen molar-refractivity contribution in [2.75, 3.05) is 60.9 Å². The largest absolute Gasteiger partial charge is 0.370 e. The highest BCUT2D eigenvalue weighted by Gasteiger charge is 2.42. The van der Waals surface area contributed by atoms with Gasteiger partial charge in [0.25, 0.3) is 0 Å². The van der Waals surface area contributed by atoms with Crippen molar-refractivity contribution in [2.24, 2.45) is 5.41 Å². The van der Waals surface area contributed by atoms with Crippen LogP contribution in [0.1, 0.15) is 77.2 Å². The monoisotopic (exact) mass is 611 g/mol. The van der Waals surface area contributed by atoms with Gasteiger partial charge < -0.3 is 25.2 Å². The minimum absolute atomic E-state index is 0.000402. The summed E-state index contributed by atoms with van der Waals surface area (Å²) < 4.78 is 30.8. The number of unbranched alkanes of at least 4 members (excludes halogenated alkanes) is 4. The maximum absolute atomic E-state index is 15.5. The van der Waals surface area contributed by atoms with Crippen LogP contribution in [0, 0.1) is 17.0 Å². The second-order valence-corrected chi connectivity index (χ2v) is 13.6. The molecule has 1 aromatic heterocycles. The minimum atomic E-state index is -0.522. The first kappa shape index (κ1) is 32.1. The molecule has 3 aliphatic heterocycles. The second kappa shape index (κ2) is 14.2. The summed E-state index contributed by atoms with van der Waals surface area (Å²) in [6.45, 7) is 9.21. The highest BCUT2D eigenvalue weighted by atomic mass is 19.1. The lowest BCUT2D eigenvalue weighted by Crippen LogP contribution is -2.66. The first-order chi connectivity index (χ1) is 21.2. The summed E-state index contributed by atoms with van der Waals surface area (Å²) in [5.41, 5.74) is 0.285. The molecule has 1 spiro atoms. The van der Waals surface area contributed by atoms with Crippen molar-refractivity contribution in [3.63, 3.8) is 0 Å². The average Bonchev–Trinajstić information content (AvgIpc) is 2.99. The van der Waals surface area contributed by atoms with Crippen LogP contribution < -0.4 is 20.4 Å². The maximum atomic E-state index is 15.5. The molecule has 2 aromatic rings. The van der Waals surface area contributed by atoms with Crippen LogP contribution in [0.4, 0.5) is 26.1 Å². The van der Waals surface area contributed by atoms with Crippen molar-refractivity contribution in [1.82, 2.24) is 20.2 Å². The molecule has 4 heterocycles. The molecule has 9 nitrogen and oxygen atoms in total. The average molecular weight is 612 g/mol. The lowest BCUT2D eigenvalue weighted by atomic mass is 9.82. The van der Waals surface area contributed by atoms with Crippen molar-refractivity contribution in [1.29, 1.82) is 0 Å². The highest BCUT2D eigenvalue weighted by Crippen LogP contribution is 2.34. The molecule has 0 aliphatic carbocycles. The van der Waals surface area contributed by atoms with Gasteiger partial charge in [-0.15, -0.1) is 0 Å². The van der Waals surface area contributed by atoms with E-state index in [4.69, 9.17) is 0 Å². The van der Waals surface area contributed by atoms with Gasteiger partial charge in [0, 0.05) is 56.8 Å². The Balaban J connectivity index is 1.17. The second-order valence-electron chi connectivity index (χ2n) is 13.6. The zero-order valence-electron chi connectivity index (χ0n) is 26.2. The first-order valence-electron chi connectivity index (χ1n) is 16.2. The molecule has 3 aliphatic rings. The number of piperazine rings is 1. The van der Waals surface area contributed by atoms with E-state index >= 15 is 8.78 Å². The zero-order valence-corrected chi connectivity index (χ0v) is 26.2. The van der Waals surface area contributed by atoms with E-state index in [9.17, 15) is 9.59 Å². The summed E-state index contributed by atoms with van der Waals surface area (Å²) in [5, 5.41) is 6.54. The van der Waals surface area contributed by atoms with E-state index in [1.807, 2.05) is 6.07 Å². The van der Waals surface area contributed by atoms with Gasteiger partial charge in [-0.2, -0.15) is 0 Å². The number of carbonyl (C=O) groups is 2. The van der Waals surface area contributed by atoms with Gasteiger partial charge in [-0.05, 0) is 63.1 Å². The summed E-state index contributed by atoms with van der Waals surface area (Å²) in [6.07, 6.45) is 10.6. The van der Waals surface area contributed by atoms with Crippen LogP contribution >= 0.6 is 0 Å². The summed E-state index contributed by atoms with van der Waals surface area (Å²) in [4.78, 5) is 38.2. The Labute approximate surface area is 259 Å². The van der Waals surface area contributed by atoms with E-state index in [1.54, 1.807) is 11.2 Å². The fraction of sp³-hybridized carbons (Fsp3) is 0.636. The number of carbonyl (C=O) groups excluding carboxylic acids is 2. The van der Waals surface area contributed by atoms with Gasteiger partial charge in [0.15, 0.2) is 0 Å². The van der Waals surface area contributed by atoms with Crippen LogP contribution in [-0.4, -0.2) is 78.4 Å². The zero-order chi connectivity index (χ0) is 31.2. The number of amides is 1. The maximum Gasteiger partial charge on any atom is 0.240 e. The van der Waals surface area contributed by atoms with Gasteiger partial charge in [-0.1, -0.05) is 26.7 Å². The number of rotatable bonds is 12. The number of anilines is 3. The van der Waals surface area contributed by atoms with Gasteiger partial charge >= 0.3 is 0 Å². The summed E-state index contributed by atoms with van der Waals surface area (Å²) in [6, 6.07) is 4.54. The molecule has 1 aromatic carbocycles. The summed E-state index contributed by atoms with van der Waals surface area (Å²) in [7, 11) is 0. The highest BCUT2D eigenvalue weighted by molar-refractivity contribution is 5.84. The number of aromatic nitrogens is 2. The fourth-order valence-electron chi connectivity index (χ4n) is 6.62. The van der Waals surface area contributed by atoms with Gasteiger partial charge in [0.2, 0.25) is 5.91 Å². The van der Waals surface area contributed by atoms with Crippen LogP contribution in [0.15, 0.2) is 24.5 Å². The topological polar surface area (TPSA) is 93.7 Å². The van der Waals surface area contributed by atoms with Crippen molar-refractivity contribution in [3.05, 3.63) is 41.7 Å². The minimum Gasteiger partial charge on any atom is -0.370 e. The standard InChI is InChI=1S/C33H47F2N7O2/c1-32(2)8-13-40(14-9-32)21-25-18-27(35)28(19-26(25)34)42-22-31(44)39-33(23-42)10-15-41(16-11-33)30-20-29(37-24-38-30)36-12-6-4-3-5-7-17-43/h17-20,24H,3-16,21-23H2,1-2H3,(H,39,44)(H,36,37,38). The molecule has 0 unspecified atom stereocenters. The van der Waals surface area contributed by atoms with Crippen LogP contribution in [0.25, 0.3) is 0 Å². The number of nitrogens with zero attached hydrogens (tertiary/aromatic N) is 5. The molecule has 0 radical (unpaired) electrons. The van der Waals surface area contributed by atoms with Crippen molar-refractivity contribution >= 4 is 29.5 Å². The number of aldehydes is 1. The predicted octanol–water partition coefficient (Wildman–Crippen LogP) is 4.91. The Morgan fingerprint density at radius 3 is 2.43 bits per heavy atom. The third-order valence-corrected chi connectivity index (χ3v) is 9.54. The van der Waals surface area contributed by atoms with E-state index in [2.05, 4.69) is 44.2 Å². The van der Waals surface area contributed by atoms with Crippen molar-refractivity contribution < 1.29 is 18.4 Å². The number of hydrogen-bond donors (Lipinski definition) is 2. The third-order valence-electron chi connectivity index (χ3n) is 9.54. The Bertz CT molecular complexity index is 1290. The van der Waals surface area contributed by atoms with E-state index in [1.165, 1.54) is 12.1 Å². The van der Waals surface area contributed by atoms with Crippen LogP contribution in [-0.2, 0) is 16.1 Å². The van der Waals surface area contributed by atoms with Crippen LogP contribution in [0.5, 0.6) is 0 Å². The molecule has 240 valence electrons. The molecule has 1 amide bonds. The number of likely N-dealkylation sites (tertiary alicyclic amines) is 1. The lowest BCUT2D eigenvalue weighted by molar-refractivity contribution is -0.123. The SMILES string of the molecule is CC1(C)CCN(Cc2cc(F)c(N3CC(=O)NC4(CCN(c5cc(NCCCCCCC=O)ncn5)CC4)C3)cc2F)CC1. The number of hydrogen-bond acceptors (Lipinski definition) is 8. The molecular weight excluding hydrogens is 564 g/mol. The molecule has 3 fully saturated rings. The quantitative estimate of drug-likeness (QED) is 0.258. The summed E-state index contributed by atoms with van der Waals surface area (Å²) >= 11 is 0. The van der Waals surface area contributed by atoms with E-state index < -0.39 is 17.2 Å². The molecule has 11 heteroatoms. The molecule has 5 rings (SSSR count). The lowest BCUT2D eigenvalue weighted by Gasteiger charge is -2.48. The Morgan fingerprint density at radius 2 is 1.68 bits per heavy atom. The van der Waals surface area contributed by atoms with Gasteiger partial charge in [-0.3, -0.25) is 9.69 Å². The molecule has 0 atom stereocenters. The fourth-order valence-corrected chi connectivity index (χ4v) is 6.62. The Hall–Kier alpha value is -3.34. The number of benzene rings is 1. The van der Waals surface area contributed by atoms with Crippen molar-refractivity contribution in [2.45, 2.75) is 83.7 Å².